The molecule has 0 aliphatic rings. The van der Waals surface area contributed by atoms with E-state index in [-0.39, 0.29) is 0 Å². The normalized spacial score (nSPS) is 11.7. The molecule has 0 spiro atoms. The van der Waals surface area contributed by atoms with Crippen molar-refractivity contribution >= 4 is 17.5 Å². The lowest BCUT2D eigenvalue weighted by atomic mass is 10.2. The third kappa shape index (κ3) is 4.80. The van der Waals surface area contributed by atoms with Gasteiger partial charge in [-0.25, -0.2) is 0 Å². The average molecular weight is 250 g/mol. The van der Waals surface area contributed by atoms with E-state index >= 15 is 0 Å². The Morgan fingerprint density at radius 2 is 1.63 bits per heavy atom. The third-order valence-corrected chi connectivity index (χ3v) is 2.67. The average Bonchev–Trinajstić information content (AvgIpc) is 2.47. The molecule has 96 valence electrons. The van der Waals surface area contributed by atoms with Gasteiger partial charge in [-0.3, -0.25) is 5.43 Å². The first-order valence-electron chi connectivity index (χ1n) is 6.40. The third-order valence-electron chi connectivity index (χ3n) is 2.67. The predicted molar refractivity (Wildman–Crippen MR) is 83.3 cm³/mol. The fourth-order valence-corrected chi connectivity index (χ4v) is 1.65. The molecule has 0 aliphatic heterocycles. The van der Waals surface area contributed by atoms with E-state index in [1.165, 1.54) is 5.56 Å². The van der Waals surface area contributed by atoms with Crippen molar-refractivity contribution < 1.29 is 0 Å². The molecule has 0 bridgehead atoms. The Hall–Kier alpha value is -2.35. The van der Waals surface area contributed by atoms with E-state index in [1.807, 2.05) is 55.5 Å². The minimum absolute atomic E-state index is 0.842. The van der Waals surface area contributed by atoms with Crippen LogP contribution in [-0.2, 0) is 0 Å². The van der Waals surface area contributed by atoms with Gasteiger partial charge >= 0.3 is 0 Å². The highest BCUT2D eigenvalue weighted by atomic mass is 15.3. The molecule has 0 fully saturated rings. The topological polar surface area (TPSA) is 24.4 Å². The Morgan fingerprint density at radius 3 is 2.32 bits per heavy atom. The molecule has 0 heterocycles. The number of hydrazone groups is 1. The van der Waals surface area contributed by atoms with E-state index in [0.717, 1.165) is 17.8 Å². The zero-order valence-electron chi connectivity index (χ0n) is 11.1. The summed E-state index contributed by atoms with van der Waals surface area (Å²) in [4.78, 5) is 0. The van der Waals surface area contributed by atoms with Crippen molar-refractivity contribution in [2.24, 2.45) is 5.10 Å². The van der Waals surface area contributed by atoms with E-state index < -0.39 is 0 Å². The summed E-state index contributed by atoms with van der Waals surface area (Å²) in [6.45, 7) is 2.02. The number of nitrogens with one attached hydrogen (secondary N) is 1. The quantitative estimate of drug-likeness (QED) is 0.609. The fraction of sp³-hybridized carbons (Fsp3) is 0.118. The summed E-state index contributed by atoms with van der Waals surface area (Å²) >= 11 is 0. The first-order valence-corrected chi connectivity index (χ1v) is 6.40. The van der Waals surface area contributed by atoms with Crippen molar-refractivity contribution in [1.29, 1.82) is 0 Å². The van der Waals surface area contributed by atoms with Gasteiger partial charge in [0.1, 0.15) is 0 Å². The van der Waals surface area contributed by atoms with E-state index in [4.69, 9.17) is 0 Å². The highest BCUT2D eigenvalue weighted by Gasteiger charge is 1.90. The van der Waals surface area contributed by atoms with Crippen molar-refractivity contribution in [2.75, 3.05) is 5.43 Å². The summed E-state index contributed by atoms with van der Waals surface area (Å²) in [5.74, 6) is 0. The summed E-state index contributed by atoms with van der Waals surface area (Å²) in [6, 6.07) is 20.2. The second-order valence-electron chi connectivity index (χ2n) is 4.34. The molecule has 0 saturated heterocycles. The number of nitrogens with zero attached hydrogens (tertiary/aromatic N) is 1. The number of anilines is 1. The first kappa shape index (κ1) is 13.1. The van der Waals surface area contributed by atoms with Gasteiger partial charge in [-0.2, -0.15) is 5.10 Å². The summed E-state index contributed by atoms with van der Waals surface area (Å²) < 4.78 is 0. The van der Waals surface area contributed by atoms with E-state index in [1.54, 1.807) is 0 Å². The molecule has 2 nitrogen and oxygen atoms in total. The lowest BCUT2D eigenvalue weighted by Gasteiger charge is -2.01. The number of hydrogen-bond acceptors (Lipinski definition) is 2. The lowest BCUT2D eigenvalue weighted by Crippen LogP contribution is -1.95. The van der Waals surface area contributed by atoms with Gasteiger partial charge in [-0.1, -0.05) is 60.7 Å². The molecule has 0 amide bonds. The smallest absolute Gasteiger partial charge is 0.0561 e. The lowest BCUT2D eigenvalue weighted by molar-refractivity contribution is 1.28. The van der Waals surface area contributed by atoms with Gasteiger partial charge in [0, 0.05) is 12.1 Å². The second-order valence-corrected chi connectivity index (χ2v) is 4.34. The summed E-state index contributed by atoms with van der Waals surface area (Å²) in [7, 11) is 0. The maximum absolute atomic E-state index is 4.34. The zero-order chi connectivity index (χ0) is 13.3. The fourth-order valence-electron chi connectivity index (χ4n) is 1.65. The van der Waals surface area contributed by atoms with Crippen LogP contribution in [-0.4, -0.2) is 5.71 Å². The van der Waals surface area contributed by atoms with Gasteiger partial charge < -0.3 is 0 Å². The van der Waals surface area contributed by atoms with Crippen LogP contribution in [0.2, 0.25) is 0 Å². The molecule has 0 saturated carbocycles. The first-order chi connectivity index (χ1) is 9.34. The summed E-state index contributed by atoms with van der Waals surface area (Å²) in [5.41, 5.74) is 6.32. The molecule has 0 unspecified atom stereocenters. The highest BCUT2D eigenvalue weighted by Crippen LogP contribution is 2.06. The molecule has 0 radical (unpaired) electrons. The molecule has 2 rings (SSSR count). The Kier molecular flexibility index (Phi) is 4.94. The van der Waals surface area contributed by atoms with E-state index in [2.05, 4.69) is 34.8 Å². The van der Waals surface area contributed by atoms with Crippen LogP contribution in [0.15, 0.2) is 71.8 Å². The monoisotopic (exact) mass is 250 g/mol. The number of para-hydroxylation sites is 1. The Balaban J connectivity index is 1.84. The minimum atomic E-state index is 0.842. The van der Waals surface area contributed by atoms with Crippen molar-refractivity contribution in [3.8, 4) is 0 Å². The molecular formula is C17H18N2. The predicted octanol–water partition coefficient (Wildman–Crippen LogP) is 4.58. The van der Waals surface area contributed by atoms with Crippen molar-refractivity contribution in [3.63, 3.8) is 0 Å². The van der Waals surface area contributed by atoms with Crippen LogP contribution in [0.5, 0.6) is 0 Å². The summed E-state index contributed by atoms with van der Waals surface area (Å²) in [5, 5.41) is 4.34. The highest BCUT2D eigenvalue weighted by molar-refractivity contribution is 5.84. The van der Waals surface area contributed by atoms with Crippen LogP contribution in [0.3, 0.4) is 0 Å². The van der Waals surface area contributed by atoms with Gasteiger partial charge in [0.25, 0.3) is 0 Å². The van der Waals surface area contributed by atoms with Crippen LogP contribution < -0.4 is 5.43 Å². The second kappa shape index (κ2) is 7.17. The minimum Gasteiger partial charge on any atom is -0.279 e. The van der Waals surface area contributed by atoms with Crippen molar-refractivity contribution in [2.45, 2.75) is 13.3 Å². The van der Waals surface area contributed by atoms with Crippen molar-refractivity contribution in [3.05, 3.63) is 72.3 Å². The van der Waals surface area contributed by atoms with E-state index in [9.17, 15) is 0 Å². The molecule has 0 aromatic heterocycles. The molecular weight excluding hydrogens is 232 g/mol. The Labute approximate surface area is 114 Å². The van der Waals surface area contributed by atoms with Crippen LogP contribution in [0.25, 0.3) is 6.08 Å². The maximum atomic E-state index is 4.34. The van der Waals surface area contributed by atoms with Crippen LogP contribution in [0.4, 0.5) is 5.69 Å². The van der Waals surface area contributed by atoms with Crippen LogP contribution in [0, 0.1) is 0 Å². The molecule has 0 aliphatic carbocycles. The molecule has 19 heavy (non-hydrogen) atoms. The van der Waals surface area contributed by atoms with Gasteiger partial charge in [-0.05, 0) is 24.6 Å². The molecule has 2 heteroatoms. The maximum Gasteiger partial charge on any atom is 0.0561 e. The van der Waals surface area contributed by atoms with Gasteiger partial charge in [-0.15, -0.1) is 0 Å². The molecule has 1 N–H and O–H groups in total. The number of hydrogen-bond donors (Lipinski definition) is 1. The number of benzene rings is 2. The molecule has 2 aromatic rings. The van der Waals surface area contributed by atoms with Gasteiger partial charge in [0.05, 0.1) is 5.69 Å². The van der Waals surface area contributed by atoms with Crippen LogP contribution >= 0.6 is 0 Å². The van der Waals surface area contributed by atoms with Gasteiger partial charge in [0.15, 0.2) is 0 Å². The zero-order valence-corrected chi connectivity index (χ0v) is 11.1. The summed E-state index contributed by atoms with van der Waals surface area (Å²) in [6.07, 6.45) is 5.08. The molecule has 2 aromatic carbocycles. The van der Waals surface area contributed by atoms with Gasteiger partial charge in [0.2, 0.25) is 0 Å². The SMILES string of the molecule is C/C(C/C=C/c1ccccc1)=N\Nc1ccccc1. The van der Waals surface area contributed by atoms with Crippen LogP contribution in [0.1, 0.15) is 18.9 Å². The largest absolute Gasteiger partial charge is 0.279 e. The number of rotatable bonds is 5. The van der Waals surface area contributed by atoms with Crippen molar-refractivity contribution in [1.82, 2.24) is 0 Å². The molecule has 0 atom stereocenters. The standard InChI is InChI=1S/C17H18N2/c1-15(18-19-17-13-6-3-7-14-17)9-8-12-16-10-4-2-5-11-16/h2-8,10-14,19H,9H2,1H3/b12-8+,18-15+. The number of allylic oxidation sites excluding steroid dienone is 1. The van der Waals surface area contributed by atoms with E-state index in [0.29, 0.717) is 0 Å². The Morgan fingerprint density at radius 1 is 1.00 bits per heavy atom. The Bertz CT molecular complexity index is 542.